The van der Waals surface area contributed by atoms with Crippen LogP contribution in [0, 0.1) is 0 Å². The van der Waals surface area contributed by atoms with E-state index in [2.05, 4.69) is 43.5 Å². The highest BCUT2D eigenvalue weighted by atomic mass is 16.7. The predicted molar refractivity (Wildman–Crippen MR) is 415 cm³/mol. The summed E-state index contributed by atoms with van der Waals surface area (Å²) in [7, 11) is 0. The zero-order valence-electron chi connectivity index (χ0n) is 65.0. The molecule has 2 fully saturated rings. The third kappa shape index (κ3) is 52.2. The summed E-state index contributed by atoms with van der Waals surface area (Å²) in [6.45, 7) is 2.85. The van der Waals surface area contributed by atoms with Crippen LogP contribution in [0.4, 0.5) is 0 Å². The minimum atomic E-state index is -1.79. The fourth-order valence-electron chi connectivity index (χ4n) is 14.5. The number of hydrogen-bond donors (Lipinski definition) is 9. The van der Waals surface area contributed by atoms with Gasteiger partial charge in [0.25, 0.3) is 0 Å². The van der Waals surface area contributed by atoms with Gasteiger partial charge in [-0.1, -0.05) is 397 Å². The first kappa shape index (κ1) is 94.3. The Morgan fingerprint density at radius 1 is 0.350 bits per heavy atom. The normalized spacial score (nSPS) is 21.9. The van der Waals surface area contributed by atoms with Gasteiger partial charge in [0.1, 0.15) is 48.8 Å². The van der Waals surface area contributed by atoms with Gasteiger partial charge < -0.3 is 65.1 Å². The zero-order valence-corrected chi connectivity index (χ0v) is 65.0. The molecule has 590 valence electrons. The summed E-state index contributed by atoms with van der Waals surface area (Å²) < 4.78 is 22.9. The maximum Gasteiger partial charge on any atom is 0.220 e. The van der Waals surface area contributed by atoms with Crippen molar-refractivity contribution in [2.45, 2.75) is 485 Å². The highest BCUT2D eigenvalue weighted by molar-refractivity contribution is 5.76. The number of carbonyl (C=O) groups is 1. The van der Waals surface area contributed by atoms with E-state index in [4.69, 9.17) is 18.9 Å². The Labute approximate surface area is 614 Å². The molecule has 100 heavy (non-hydrogen) atoms. The number of aliphatic hydroxyl groups excluding tert-OH is 8. The van der Waals surface area contributed by atoms with Gasteiger partial charge in [-0.25, -0.2) is 0 Å². The van der Waals surface area contributed by atoms with Crippen molar-refractivity contribution in [3.63, 3.8) is 0 Å². The third-order valence-electron chi connectivity index (χ3n) is 21.3. The molecule has 2 heterocycles. The number of rotatable bonds is 74. The highest BCUT2D eigenvalue weighted by Crippen LogP contribution is 2.31. The van der Waals surface area contributed by atoms with Crippen LogP contribution in [-0.2, 0) is 23.7 Å². The molecule has 2 saturated heterocycles. The predicted octanol–water partition coefficient (Wildman–Crippen LogP) is 20.4. The minimum absolute atomic E-state index is 0.244. The zero-order chi connectivity index (χ0) is 72.2. The molecule has 2 aliphatic rings. The van der Waals surface area contributed by atoms with Crippen molar-refractivity contribution in [2.75, 3.05) is 19.8 Å². The second kappa shape index (κ2) is 70.2. The first-order valence-electron chi connectivity index (χ1n) is 43.2. The van der Waals surface area contributed by atoms with Crippen LogP contribution in [0.5, 0.6) is 0 Å². The topological polar surface area (TPSA) is 228 Å². The second-order valence-corrected chi connectivity index (χ2v) is 30.7. The number of aliphatic hydroxyl groups is 8. The molecule has 12 unspecified atom stereocenters. The van der Waals surface area contributed by atoms with Gasteiger partial charge in [0.2, 0.25) is 5.91 Å². The lowest BCUT2D eigenvalue weighted by atomic mass is 9.97. The maximum atomic E-state index is 13.4. The van der Waals surface area contributed by atoms with Crippen molar-refractivity contribution in [3.8, 4) is 0 Å². The van der Waals surface area contributed by atoms with Gasteiger partial charge in [-0.2, -0.15) is 0 Å². The van der Waals surface area contributed by atoms with Gasteiger partial charge in [-0.15, -0.1) is 0 Å². The number of allylic oxidation sites excluding steroid dienone is 5. The van der Waals surface area contributed by atoms with Gasteiger partial charge in [-0.05, 0) is 44.9 Å². The molecule has 9 N–H and O–H groups in total. The van der Waals surface area contributed by atoms with Gasteiger partial charge in [0.15, 0.2) is 12.6 Å². The number of hydrogen-bond acceptors (Lipinski definition) is 13. The molecule has 0 saturated carbocycles. The van der Waals surface area contributed by atoms with Crippen molar-refractivity contribution >= 4 is 5.91 Å². The molecule has 2 aliphatic heterocycles. The molecule has 0 aromatic rings. The molecular formula is C86H163NO13. The van der Waals surface area contributed by atoms with Gasteiger partial charge >= 0.3 is 0 Å². The Hall–Kier alpha value is -1.79. The molecule has 0 aliphatic carbocycles. The van der Waals surface area contributed by atoms with Crippen LogP contribution in [0.1, 0.15) is 412 Å². The fourth-order valence-corrected chi connectivity index (χ4v) is 14.5. The summed E-state index contributed by atoms with van der Waals surface area (Å²) in [5, 5.41) is 87.7. The molecule has 14 heteroatoms. The van der Waals surface area contributed by atoms with Crippen LogP contribution >= 0.6 is 0 Å². The van der Waals surface area contributed by atoms with Crippen LogP contribution in [0.2, 0.25) is 0 Å². The molecule has 0 radical (unpaired) electrons. The lowest BCUT2D eigenvalue weighted by Crippen LogP contribution is -2.65. The lowest BCUT2D eigenvalue weighted by Gasteiger charge is -2.46. The number of carbonyl (C=O) groups excluding carboxylic acids is 1. The van der Waals surface area contributed by atoms with Crippen LogP contribution in [0.15, 0.2) is 36.5 Å². The first-order chi connectivity index (χ1) is 49.1. The number of ether oxygens (including phenoxy) is 4. The fraction of sp³-hybridized carbons (Fsp3) is 0.919. The molecule has 12 atom stereocenters. The summed E-state index contributed by atoms with van der Waals surface area (Å²) in [5.74, 6) is -0.244. The Morgan fingerprint density at radius 2 is 0.640 bits per heavy atom. The summed E-state index contributed by atoms with van der Waals surface area (Å²) in [6, 6.07) is -0.939. The van der Waals surface area contributed by atoms with Crippen LogP contribution in [-0.4, -0.2) is 140 Å². The molecule has 0 aromatic heterocycles. The van der Waals surface area contributed by atoms with E-state index in [1.165, 1.54) is 334 Å². The molecular weight excluding hydrogens is 1250 g/mol. The van der Waals surface area contributed by atoms with Gasteiger partial charge in [-0.3, -0.25) is 4.79 Å². The Balaban J connectivity index is 1.60. The van der Waals surface area contributed by atoms with Crippen molar-refractivity contribution in [1.82, 2.24) is 5.32 Å². The Kier molecular flexibility index (Phi) is 66.2. The molecule has 0 aromatic carbocycles. The van der Waals surface area contributed by atoms with Crippen molar-refractivity contribution in [3.05, 3.63) is 36.5 Å². The monoisotopic (exact) mass is 1420 g/mol. The van der Waals surface area contributed by atoms with Gasteiger partial charge in [0, 0.05) is 6.42 Å². The molecule has 2 rings (SSSR count). The van der Waals surface area contributed by atoms with Gasteiger partial charge in [0.05, 0.1) is 32.0 Å². The minimum Gasteiger partial charge on any atom is -0.394 e. The summed E-state index contributed by atoms with van der Waals surface area (Å²) in [5.41, 5.74) is 0. The summed E-state index contributed by atoms with van der Waals surface area (Å²) in [4.78, 5) is 13.4. The van der Waals surface area contributed by atoms with E-state index in [0.29, 0.717) is 12.8 Å². The van der Waals surface area contributed by atoms with Crippen molar-refractivity contribution in [1.29, 1.82) is 0 Å². The second-order valence-electron chi connectivity index (χ2n) is 30.7. The van der Waals surface area contributed by atoms with E-state index < -0.39 is 86.8 Å². The Morgan fingerprint density at radius 3 is 0.980 bits per heavy atom. The van der Waals surface area contributed by atoms with Crippen LogP contribution in [0.25, 0.3) is 0 Å². The number of nitrogens with one attached hydrogen (secondary N) is 1. The summed E-state index contributed by atoms with van der Waals surface area (Å²) in [6.07, 6.45) is 76.9. The average molecular weight is 1420 g/mol. The molecule has 0 spiro atoms. The highest BCUT2D eigenvalue weighted by Gasteiger charge is 2.51. The van der Waals surface area contributed by atoms with E-state index in [-0.39, 0.29) is 18.9 Å². The van der Waals surface area contributed by atoms with Crippen molar-refractivity contribution < 1.29 is 64.6 Å². The SMILES string of the molecule is CCCCCCCCCCCCCCCCCCCCCCCCC/C=C/CC/C=C/CC/C=C/C(O)C(COC1OC(CO)C(OC2OC(CO)C(O)C(O)C2O)C(O)C1O)NC(=O)CCCCCCCCCCCCCCCCCCCCCCCCCCCCCCCCCCC. The molecule has 1 amide bonds. The number of unbranched alkanes of at least 4 members (excludes halogenated alkanes) is 57. The van der Waals surface area contributed by atoms with E-state index in [1.54, 1.807) is 6.08 Å². The average Bonchev–Trinajstić information content (AvgIpc) is 0.790. The lowest BCUT2D eigenvalue weighted by molar-refractivity contribution is -0.359. The first-order valence-corrected chi connectivity index (χ1v) is 43.2. The maximum absolute atomic E-state index is 13.4. The summed E-state index contributed by atoms with van der Waals surface area (Å²) >= 11 is 0. The van der Waals surface area contributed by atoms with Crippen LogP contribution < -0.4 is 5.32 Å². The van der Waals surface area contributed by atoms with E-state index in [1.807, 2.05) is 6.08 Å². The molecule has 0 bridgehead atoms. The van der Waals surface area contributed by atoms with Crippen LogP contribution in [0.3, 0.4) is 0 Å². The number of amides is 1. The van der Waals surface area contributed by atoms with Crippen molar-refractivity contribution in [2.24, 2.45) is 0 Å². The largest absolute Gasteiger partial charge is 0.394 e. The smallest absolute Gasteiger partial charge is 0.220 e. The van der Waals surface area contributed by atoms with E-state index >= 15 is 0 Å². The van der Waals surface area contributed by atoms with E-state index in [0.717, 1.165) is 44.9 Å². The quantitative estimate of drug-likeness (QED) is 0.0204. The molecule has 14 nitrogen and oxygen atoms in total. The van der Waals surface area contributed by atoms with E-state index in [9.17, 15) is 45.6 Å². The Bertz CT molecular complexity index is 1820. The standard InChI is InChI=1S/C86H163NO13/c1-3-5-7-9-11-13-15-17-19-21-23-25-27-29-31-33-35-37-39-41-43-45-47-49-51-53-55-57-59-61-63-65-67-69-75(90)74(73-97-85-83(96)81(94)84(77(72-89)99-85)100-86-82(95)80(93)79(92)76(71-88)98-86)87-78(91)70-68-66-64-62-60-58-56-54-52-50-48-46-44-42-40-38-36-34-32-30-28-26-24-22-20-18-16-14-12-10-8-6-4-2/h51,53,59,61,67,69,74-77,79-86,88-90,92-96H,3-50,52,54-58,60,62-66,68,70-73H2,1-2H3,(H,87,91)/b53-51+,61-59+,69-67+. The third-order valence-corrected chi connectivity index (χ3v) is 21.3.